The molecule has 248 valence electrons. The number of halogens is 3. The van der Waals surface area contributed by atoms with Gasteiger partial charge in [-0.1, -0.05) is 38.1 Å². The number of hydrogen-bond acceptors (Lipinski definition) is 8. The van der Waals surface area contributed by atoms with Crippen LogP contribution in [0.5, 0.6) is 0 Å². The molecule has 0 bridgehead atoms. The molecule has 1 fully saturated rings. The minimum Gasteiger partial charge on any atom is -0.447 e. The molecule has 46 heavy (non-hydrogen) atoms. The molecule has 1 aliphatic heterocycles. The van der Waals surface area contributed by atoms with Gasteiger partial charge in [-0.05, 0) is 59.4 Å². The third-order valence-electron chi connectivity index (χ3n) is 8.03. The van der Waals surface area contributed by atoms with Crippen LogP contribution in [-0.4, -0.2) is 73.1 Å². The molecule has 3 aromatic rings. The number of alkyl carbamates (subject to hydrolysis) is 1. The van der Waals surface area contributed by atoms with Gasteiger partial charge in [0.15, 0.2) is 5.78 Å². The van der Waals surface area contributed by atoms with Crippen molar-refractivity contribution in [3.63, 3.8) is 0 Å². The average Bonchev–Trinajstić information content (AvgIpc) is 3.04. The number of nitrogens with zero attached hydrogens (tertiary/aromatic N) is 1. The lowest BCUT2D eigenvalue weighted by Gasteiger charge is -2.31. The van der Waals surface area contributed by atoms with Crippen molar-refractivity contribution in [2.75, 3.05) is 32.8 Å². The minimum atomic E-state index is -1.09. The predicted molar refractivity (Wildman–Crippen MR) is 166 cm³/mol. The summed E-state index contributed by atoms with van der Waals surface area (Å²) in [5.41, 5.74) is 7.91. The maximum Gasteiger partial charge on any atom is 0.407 e. The highest BCUT2D eigenvalue weighted by molar-refractivity contribution is 5.87. The van der Waals surface area contributed by atoms with E-state index in [9.17, 15) is 23.5 Å². The van der Waals surface area contributed by atoms with E-state index in [1.165, 1.54) is 54.7 Å². The Hall–Kier alpha value is -3.84. The maximum atomic E-state index is 15.1. The van der Waals surface area contributed by atoms with Gasteiger partial charge in [-0.25, -0.2) is 18.0 Å². The molecule has 2 aromatic carbocycles. The first kappa shape index (κ1) is 35.0. The molecule has 2 heterocycles. The Morgan fingerprint density at radius 3 is 2.26 bits per heavy atom. The lowest BCUT2D eigenvalue weighted by Crippen LogP contribution is -2.47. The normalized spacial score (nSPS) is 17.5. The quantitative estimate of drug-likeness (QED) is 0.209. The third-order valence-corrected chi connectivity index (χ3v) is 8.03. The molecule has 9 nitrogen and oxygen atoms in total. The van der Waals surface area contributed by atoms with Crippen molar-refractivity contribution in [1.82, 2.24) is 15.6 Å². The highest BCUT2D eigenvalue weighted by atomic mass is 19.1. The summed E-state index contributed by atoms with van der Waals surface area (Å²) in [6.07, 6.45) is 1.69. The number of aliphatic hydroxyl groups excluding tert-OH is 1. The fourth-order valence-electron chi connectivity index (χ4n) is 5.31. The van der Waals surface area contributed by atoms with E-state index in [0.29, 0.717) is 41.8 Å². The van der Waals surface area contributed by atoms with Crippen LogP contribution in [0.15, 0.2) is 60.9 Å². The third kappa shape index (κ3) is 9.83. The minimum absolute atomic E-state index is 0.0133. The molecule has 0 aliphatic carbocycles. The van der Waals surface area contributed by atoms with Crippen LogP contribution >= 0.6 is 0 Å². The summed E-state index contributed by atoms with van der Waals surface area (Å²) in [6, 6.07) is 10.1. The topological polar surface area (TPSA) is 136 Å². The summed E-state index contributed by atoms with van der Waals surface area (Å²) >= 11 is 0. The Morgan fingerprint density at radius 2 is 1.65 bits per heavy atom. The molecule has 0 saturated carbocycles. The number of morpholine rings is 1. The lowest BCUT2D eigenvalue weighted by molar-refractivity contribution is -0.119. The Morgan fingerprint density at radius 1 is 1.04 bits per heavy atom. The van der Waals surface area contributed by atoms with E-state index in [-0.39, 0.29) is 44.5 Å². The van der Waals surface area contributed by atoms with E-state index in [2.05, 4.69) is 15.6 Å². The second-order valence-electron chi connectivity index (χ2n) is 12.4. The smallest absolute Gasteiger partial charge is 0.407 e. The molecule has 1 aromatic heterocycles. The van der Waals surface area contributed by atoms with Crippen LogP contribution < -0.4 is 16.4 Å². The number of pyridine rings is 1. The van der Waals surface area contributed by atoms with Crippen LogP contribution in [0.3, 0.4) is 0 Å². The fourth-order valence-corrected chi connectivity index (χ4v) is 5.31. The molecule has 0 spiro atoms. The molecule has 4 rings (SSSR count). The number of benzene rings is 2. The zero-order valence-corrected chi connectivity index (χ0v) is 26.0. The first-order valence-corrected chi connectivity index (χ1v) is 15.2. The molecule has 1 saturated heterocycles. The monoisotopic (exact) mass is 642 g/mol. The van der Waals surface area contributed by atoms with E-state index in [1.807, 2.05) is 13.8 Å². The molecule has 5 N–H and O–H groups in total. The number of carbonyl (C=O) groups excluding carboxylic acids is 2. The van der Waals surface area contributed by atoms with E-state index in [4.69, 9.17) is 15.2 Å². The van der Waals surface area contributed by atoms with Crippen LogP contribution in [0.4, 0.5) is 18.0 Å². The van der Waals surface area contributed by atoms with Gasteiger partial charge in [0.05, 0.1) is 18.3 Å². The summed E-state index contributed by atoms with van der Waals surface area (Å²) in [5.74, 6) is -2.53. The molecule has 1 unspecified atom stereocenters. The number of nitrogens with one attached hydrogen (secondary N) is 2. The highest BCUT2D eigenvalue weighted by Crippen LogP contribution is 2.29. The summed E-state index contributed by atoms with van der Waals surface area (Å²) in [6.45, 7) is 4.78. The molecular formula is C34H41F3N4O5. The Bertz CT molecular complexity index is 1410. The SMILES string of the molecule is CC(C)(CO)CNC(=O)OC[C@@H]1CNC[C@@H](CCc2c(F)cncc2CC(=O)C(N)C(c2ccc(F)cc2)c2ccc(F)cc2)O1. The molecule has 12 heteroatoms. The van der Waals surface area contributed by atoms with Crippen molar-refractivity contribution in [1.29, 1.82) is 0 Å². The number of nitrogens with two attached hydrogens (primary N) is 1. The zero-order valence-electron chi connectivity index (χ0n) is 26.0. The van der Waals surface area contributed by atoms with Crippen LogP contribution in [0.25, 0.3) is 0 Å². The molecule has 3 atom stereocenters. The molecule has 0 radical (unpaired) electrons. The summed E-state index contributed by atoms with van der Waals surface area (Å²) in [7, 11) is 0. The molecule has 1 amide bonds. The van der Waals surface area contributed by atoms with Crippen molar-refractivity contribution in [3.8, 4) is 0 Å². The number of aliphatic hydroxyl groups is 1. The largest absolute Gasteiger partial charge is 0.447 e. The summed E-state index contributed by atoms with van der Waals surface area (Å²) in [4.78, 5) is 29.6. The van der Waals surface area contributed by atoms with Crippen molar-refractivity contribution < 1.29 is 37.3 Å². The summed E-state index contributed by atoms with van der Waals surface area (Å²) in [5, 5.41) is 15.2. The number of amides is 1. The lowest BCUT2D eigenvalue weighted by atomic mass is 9.82. The van der Waals surface area contributed by atoms with Crippen molar-refractivity contribution in [2.24, 2.45) is 11.1 Å². The van der Waals surface area contributed by atoms with Gasteiger partial charge in [-0.2, -0.15) is 0 Å². The molecular weight excluding hydrogens is 601 g/mol. The summed E-state index contributed by atoms with van der Waals surface area (Å²) < 4.78 is 53.8. The van der Waals surface area contributed by atoms with Gasteiger partial charge in [-0.3, -0.25) is 9.78 Å². The first-order valence-electron chi connectivity index (χ1n) is 15.2. The number of hydrogen-bond donors (Lipinski definition) is 4. The highest BCUT2D eigenvalue weighted by Gasteiger charge is 2.30. The van der Waals surface area contributed by atoms with E-state index >= 15 is 4.39 Å². The number of Topliss-reactive ketones (excluding diaryl/α,β-unsaturated/α-hetero) is 1. The van der Waals surface area contributed by atoms with Crippen molar-refractivity contribution >= 4 is 11.9 Å². The predicted octanol–water partition coefficient (Wildman–Crippen LogP) is 3.80. The van der Waals surface area contributed by atoms with Crippen LogP contribution in [0.1, 0.15) is 48.4 Å². The van der Waals surface area contributed by atoms with Crippen LogP contribution in [0.2, 0.25) is 0 Å². The number of rotatable bonds is 14. The zero-order chi connectivity index (χ0) is 33.3. The average molecular weight is 643 g/mol. The van der Waals surface area contributed by atoms with Gasteiger partial charge >= 0.3 is 6.09 Å². The van der Waals surface area contributed by atoms with Crippen LogP contribution in [0, 0.1) is 22.9 Å². The van der Waals surface area contributed by atoms with Gasteiger partial charge in [0.2, 0.25) is 0 Å². The number of ketones is 1. The van der Waals surface area contributed by atoms with E-state index in [0.717, 1.165) is 6.20 Å². The van der Waals surface area contributed by atoms with E-state index < -0.39 is 47.0 Å². The van der Waals surface area contributed by atoms with Crippen LogP contribution in [-0.2, 0) is 27.1 Å². The van der Waals surface area contributed by atoms with E-state index in [1.54, 1.807) is 0 Å². The second kappa shape index (κ2) is 16.1. The Labute approximate surface area is 266 Å². The number of carbonyl (C=O) groups is 2. The maximum absolute atomic E-state index is 15.1. The van der Waals surface area contributed by atoms with Gasteiger partial charge in [-0.15, -0.1) is 0 Å². The number of aromatic nitrogens is 1. The van der Waals surface area contributed by atoms with Crippen molar-refractivity contribution in [2.45, 2.75) is 57.3 Å². The fraction of sp³-hybridized carbons (Fsp3) is 0.441. The molecule has 1 aliphatic rings. The Balaban J connectivity index is 1.39. The van der Waals surface area contributed by atoms with Crippen molar-refractivity contribution in [3.05, 3.63) is 101 Å². The van der Waals surface area contributed by atoms with Gasteiger partial charge < -0.3 is 30.9 Å². The Kier molecular flexibility index (Phi) is 12.3. The van der Waals surface area contributed by atoms with Gasteiger partial charge in [0.25, 0.3) is 0 Å². The van der Waals surface area contributed by atoms with Gasteiger partial charge in [0, 0.05) is 50.2 Å². The first-order chi connectivity index (χ1) is 22.0. The standard InChI is InChI=1S/C34H41F3N4O5/c1-34(2,20-42)19-41-33(44)45-18-27-16-40-15-26(46-27)11-12-28-23(14-39-17-29(28)37)13-30(43)32(38)31(21-3-7-24(35)8-4-21)22-5-9-25(36)10-6-22/h3-10,14,17,26-27,31-32,40,42H,11-13,15-16,18-20,38H2,1-2H3,(H,41,44)/t26-,27+,32?/m1/s1. The van der Waals surface area contributed by atoms with Gasteiger partial charge in [0.1, 0.15) is 30.2 Å². The number of ether oxygens (including phenoxy) is 2. The second-order valence-corrected chi connectivity index (χ2v) is 12.4.